The maximum absolute atomic E-state index is 12.8. The Morgan fingerprint density at radius 2 is 1.73 bits per heavy atom. The zero-order valence-electron chi connectivity index (χ0n) is 17.6. The molecule has 3 atom stereocenters. The highest BCUT2D eigenvalue weighted by Gasteiger charge is 2.39. The van der Waals surface area contributed by atoms with Crippen molar-refractivity contribution >= 4 is 11.9 Å². The molecule has 0 saturated heterocycles. The van der Waals surface area contributed by atoms with Crippen molar-refractivity contribution in [3.8, 4) is 0 Å². The number of nitrogens with two attached hydrogens (primary N) is 1. The largest absolute Gasteiger partial charge is 0.460 e. The van der Waals surface area contributed by atoms with Crippen molar-refractivity contribution in [3.05, 3.63) is 0 Å². The van der Waals surface area contributed by atoms with E-state index in [1.54, 1.807) is 19.1 Å². The van der Waals surface area contributed by atoms with Crippen LogP contribution in [0.1, 0.15) is 66.7 Å². The summed E-state index contributed by atoms with van der Waals surface area (Å²) in [7, 11) is 3.38. The lowest BCUT2D eigenvalue weighted by Crippen LogP contribution is -2.55. The third-order valence-electron chi connectivity index (χ3n) is 5.15. The maximum Gasteiger partial charge on any atom is 0.309 e. The first kappa shape index (κ1) is 22.9. The van der Waals surface area contributed by atoms with Crippen molar-refractivity contribution in [2.75, 3.05) is 14.2 Å². The van der Waals surface area contributed by atoms with Gasteiger partial charge in [0.1, 0.15) is 5.60 Å². The van der Waals surface area contributed by atoms with E-state index in [1.165, 1.54) is 0 Å². The van der Waals surface area contributed by atoms with Crippen LogP contribution in [0.3, 0.4) is 0 Å². The first-order valence-corrected chi connectivity index (χ1v) is 9.74. The number of carbonyl (C=O) groups is 2. The Morgan fingerprint density at radius 1 is 1.19 bits per heavy atom. The number of amides is 1. The lowest BCUT2D eigenvalue weighted by atomic mass is 9.89. The van der Waals surface area contributed by atoms with Gasteiger partial charge in [0.2, 0.25) is 5.91 Å². The minimum absolute atomic E-state index is 0.0565. The molecule has 2 N–H and O–H groups in total. The van der Waals surface area contributed by atoms with Gasteiger partial charge >= 0.3 is 5.97 Å². The normalized spacial score (nSPS) is 19.3. The van der Waals surface area contributed by atoms with Gasteiger partial charge < -0.3 is 20.1 Å². The van der Waals surface area contributed by atoms with E-state index < -0.39 is 17.7 Å². The summed E-state index contributed by atoms with van der Waals surface area (Å²) in [4.78, 5) is 26.9. The average Bonchev–Trinajstić information content (AvgIpc) is 3.04. The molecule has 152 valence electrons. The fourth-order valence-electron chi connectivity index (χ4n) is 3.73. The summed E-state index contributed by atoms with van der Waals surface area (Å²) < 4.78 is 11.1. The van der Waals surface area contributed by atoms with Gasteiger partial charge in [0, 0.05) is 14.2 Å². The summed E-state index contributed by atoms with van der Waals surface area (Å²) in [6.07, 6.45) is 4.08. The summed E-state index contributed by atoms with van der Waals surface area (Å²) in [6, 6.07) is -0.727. The van der Waals surface area contributed by atoms with Crippen LogP contribution in [0.2, 0.25) is 0 Å². The smallest absolute Gasteiger partial charge is 0.309 e. The van der Waals surface area contributed by atoms with Crippen LogP contribution in [0.15, 0.2) is 0 Å². The van der Waals surface area contributed by atoms with E-state index in [2.05, 4.69) is 0 Å². The highest BCUT2D eigenvalue weighted by atomic mass is 16.6. The second-order valence-electron chi connectivity index (χ2n) is 8.82. The number of hydrogen-bond acceptors (Lipinski definition) is 5. The molecule has 0 aromatic heterocycles. The van der Waals surface area contributed by atoms with Crippen molar-refractivity contribution in [3.63, 3.8) is 0 Å². The number of carbonyl (C=O) groups excluding carboxylic acids is 2. The van der Waals surface area contributed by atoms with E-state index >= 15 is 0 Å². The molecular weight excluding hydrogens is 332 g/mol. The number of hydrogen-bond donors (Lipinski definition) is 1. The first-order valence-electron chi connectivity index (χ1n) is 9.74. The lowest BCUT2D eigenvalue weighted by Gasteiger charge is -2.39. The predicted molar refractivity (Wildman–Crippen MR) is 103 cm³/mol. The van der Waals surface area contributed by atoms with Crippen molar-refractivity contribution in [1.29, 1.82) is 0 Å². The lowest BCUT2D eigenvalue weighted by molar-refractivity contribution is -0.160. The second kappa shape index (κ2) is 9.70. The number of esters is 1. The molecule has 1 aliphatic rings. The molecule has 1 amide bonds. The van der Waals surface area contributed by atoms with E-state index in [9.17, 15) is 9.59 Å². The highest BCUT2D eigenvalue weighted by Crippen LogP contribution is 2.33. The number of methoxy groups -OCH3 is 1. The highest BCUT2D eigenvalue weighted by molar-refractivity contribution is 5.82. The van der Waals surface area contributed by atoms with Gasteiger partial charge in [-0.05, 0) is 45.4 Å². The summed E-state index contributed by atoms with van der Waals surface area (Å²) in [5.74, 6) is -0.0266. The van der Waals surface area contributed by atoms with Crippen LogP contribution >= 0.6 is 0 Å². The molecule has 1 rings (SSSR count). The quantitative estimate of drug-likeness (QED) is 0.664. The fourth-order valence-corrected chi connectivity index (χ4v) is 3.73. The Balaban J connectivity index is 2.99. The van der Waals surface area contributed by atoms with Crippen LogP contribution in [0, 0.1) is 11.8 Å². The van der Waals surface area contributed by atoms with Crippen molar-refractivity contribution in [2.24, 2.45) is 17.6 Å². The van der Waals surface area contributed by atoms with Gasteiger partial charge in [0.15, 0.2) is 0 Å². The number of rotatable bonds is 8. The van der Waals surface area contributed by atoms with Gasteiger partial charge in [0.05, 0.1) is 24.6 Å². The van der Waals surface area contributed by atoms with Crippen LogP contribution in [-0.2, 0) is 19.1 Å². The van der Waals surface area contributed by atoms with Crippen molar-refractivity contribution < 1.29 is 19.1 Å². The maximum atomic E-state index is 12.8. The topological polar surface area (TPSA) is 81.9 Å². The average molecular weight is 371 g/mol. The summed E-state index contributed by atoms with van der Waals surface area (Å²) in [6.45, 7) is 9.42. The van der Waals surface area contributed by atoms with E-state index in [1.807, 2.05) is 34.6 Å². The van der Waals surface area contributed by atoms with E-state index in [0.717, 1.165) is 25.7 Å². The number of nitrogens with zero attached hydrogens (tertiary/aromatic N) is 1. The van der Waals surface area contributed by atoms with Gasteiger partial charge in [-0.1, -0.05) is 26.7 Å². The van der Waals surface area contributed by atoms with E-state index in [-0.39, 0.29) is 30.3 Å². The molecule has 0 aromatic carbocycles. The molecule has 0 radical (unpaired) electrons. The molecule has 0 aliphatic heterocycles. The molecule has 6 heteroatoms. The minimum atomic E-state index is -0.553. The number of likely N-dealkylation sites (N-methyl/N-ethyl adjacent to an activating group) is 1. The monoisotopic (exact) mass is 370 g/mol. The van der Waals surface area contributed by atoms with Gasteiger partial charge in [-0.2, -0.15) is 0 Å². The Labute approximate surface area is 158 Å². The Hall–Kier alpha value is -1.14. The van der Waals surface area contributed by atoms with Crippen LogP contribution in [0.4, 0.5) is 0 Å². The van der Waals surface area contributed by atoms with Crippen LogP contribution in [0.5, 0.6) is 0 Å². The van der Waals surface area contributed by atoms with Crippen molar-refractivity contribution in [2.45, 2.75) is 90.5 Å². The van der Waals surface area contributed by atoms with Crippen molar-refractivity contribution in [1.82, 2.24) is 4.90 Å². The Kier molecular flexibility index (Phi) is 8.54. The van der Waals surface area contributed by atoms with Gasteiger partial charge in [-0.25, -0.2) is 0 Å². The third kappa shape index (κ3) is 6.54. The van der Waals surface area contributed by atoms with Gasteiger partial charge in [0.25, 0.3) is 0 Å². The molecule has 26 heavy (non-hydrogen) atoms. The van der Waals surface area contributed by atoms with E-state index in [0.29, 0.717) is 5.92 Å². The minimum Gasteiger partial charge on any atom is -0.460 e. The van der Waals surface area contributed by atoms with Gasteiger partial charge in [-0.3, -0.25) is 9.59 Å². The van der Waals surface area contributed by atoms with Crippen LogP contribution in [0.25, 0.3) is 0 Å². The third-order valence-corrected chi connectivity index (χ3v) is 5.15. The fraction of sp³-hybridized carbons (Fsp3) is 0.900. The summed E-state index contributed by atoms with van der Waals surface area (Å²) in [5.41, 5.74) is 5.56. The van der Waals surface area contributed by atoms with Gasteiger partial charge in [-0.15, -0.1) is 0 Å². The zero-order chi connectivity index (χ0) is 20.1. The van der Waals surface area contributed by atoms with E-state index in [4.69, 9.17) is 15.2 Å². The van der Waals surface area contributed by atoms with Crippen LogP contribution in [-0.4, -0.2) is 54.7 Å². The zero-order valence-corrected chi connectivity index (χ0v) is 17.6. The molecule has 0 spiro atoms. The summed E-state index contributed by atoms with van der Waals surface area (Å²) in [5, 5.41) is 0. The first-order chi connectivity index (χ1) is 12.0. The Morgan fingerprint density at radius 3 is 2.15 bits per heavy atom. The molecule has 6 nitrogen and oxygen atoms in total. The molecular formula is C20H38N2O4. The molecule has 1 fully saturated rings. The second-order valence-corrected chi connectivity index (χ2v) is 8.82. The standard InChI is InChI=1S/C20H38N2O4/c1-13(2)17(21)19(24)22(6)18(14-10-8-9-11-14)15(25-7)12-16(23)26-20(3,4)5/h13-15,17-18H,8-12,21H2,1-7H3/t15-,17+,18+/m1/s1. The molecule has 0 unspecified atom stereocenters. The molecule has 0 heterocycles. The molecule has 0 bridgehead atoms. The molecule has 1 aliphatic carbocycles. The SMILES string of the molecule is CO[C@H](CC(=O)OC(C)(C)C)[C@H](C1CCCC1)N(C)C(=O)[C@@H](N)C(C)C. The van der Waals surface area contributed by atoms with Crippen LogP contribution < -0.4 is 5.73 Å². The molecule has 0 aromatic rings. The Bertz CT molecular complexity index is 467. The molecule has 1 saturated carbocycles. The predicted octanol–water partition coefficient (Wildman–Crippen LogP) is 2.73. The number of ether oxygens (including phenoxy) is 2. The summed E-state index contributed by atoms with van der Waals surface area (Å²) >= 11 is 0.